The van der Waals surface area contributed by atoms with E-state index in [2.05, 4.69) is 5.32 Å². The van der Waals surface area contributed by atoms with Gasteiger partial charge in [0.2, 0.25) is 9.84 Å². The van der Waals surface area contributed by atoms with E-state index in [1.807, 2.05) is 0 Å². The Morgan fingerprint density at radius 2 is 1.92 bits per heavy atom. The highest BCUT2D eigenvalue weighted by Crippen LogP contribution is 2.35. The number of rotatable bonds is 4. The number of likely N-dealkylation sites (N-methyl/N-ethyl adjacent to an activating group) is 1. The lowest BCUT2D eigenvalue weighted by Gasteiger charge is -2.26. The van der Waals surface area contributed by atoms with Crippen LogP contribution in [0, 0.1) is 5.82 Å². The normalized spacial score (nSPS) is 16.3. The van der Waals surface area contributed by atoms with Crippen LogP contribution in [-0.4, -0.2) is 34.7 Å². The van der Waals surface area contributed by atoms with Crippen LogP contribution in [0.3, 0.4) is 0 Å². The summed E-state index contributed by atoms with van der Waals surface area (Å²) in [4.78, 5) is -0.0588. The summed E-state index contributed by atoms with van der Waals surface area (Å²) in [6, 6.07) is 9.32. The summed E-state index contributed by atoms with van der Waals surface area (Å²) in [6.07, 6.45) is -0.195. The van der Waals surface area contributed by atoms with Gasteiger partial charge in [0, 0.05) is 12.6 Å². The van der Waals surface area contributed by atoms with Gasteiger partial charge in [-0.2, -0.15) is 0 Å². The highest BCUT2D eigenvalue weighted by Gasteiger charge is 2.25. The average molecular weight is 374 g/mol. The molecule has 1 aliphatic heterocycles. The van der Waals surface area contributed by atoms with E-state index in [9.17, 15) is 12.8 Å². The van der Waals surface area contributed by atoms with Crippen molar-refractivity contribution in [3.63, 3.8) is 0 Å². The van der Waals surface area contributed by atoms with Crippen LogP contribution < -0.4 is 14.8 Å². The summed E-state index contributed by atoms with van der Waals surface area (Å²) in [5.74, 6) is 0.266. The second-order valence-electron chi connectivity index (χ2n) is 5.18. The van der Waals surface area contributed by atoms with E-state index in [-0.39, 0.29) is 28.3 Å². The predicted molar refractivity (Wildman–Crippen MR) is 89.4 cm³/mol. The molecule has 1 N–H and O–H groups in total. The number of sulfone groups is 1. The average Bonchev–Trinajstić information content (AvgIpc) is 2.54. The number of halogens is 2. The molecule has 8 heteroatoms. The first-order chi connectivity index (χ1) is 11.0. The van der Waals surface area contributed by atoms with Crippen LogP contribution in [-0.2, 0) is 9.84 Å². The molecule has 0 unspecified atom stereocenters. The molecular weight excluding hydrogens is 357 g/mol. The van der Waals surface area contributed by atoms with Crippen LogP contribution in [0.5, 0.6) is 11.5 Å². The number of hydrogen-bond acceptors (Lipinski definition) is 5. The number of hydrogen-bond donors (Lipinski definition) is 1. The SMILES string of the molecule is CNC[C@H]1COc2ccc(S(=O)(=O)c3cccc(F)c3)cc2O1.Cl. The summed E-state index contributed by atoms with van der Waals surface area (Å²) < 4.78 is 49.8. The van der Waals surface area contributed by atoms with Gasteiger partial charge >= 0.3 is 0 Å². The van der Waals surface area contributed by atoms with Gasteiger partial charge in [-0.25, -0.2) is 12.8 Å². The van der Waals surface area contributed by atoms with Crippen molar-refractivity contribution in [1.82, 2.24) is 5.32 Å². The molecule has 1 heterocycles. The van der Waals surface area contributed by atoms with Crippen LogP contribution in [0.2, 0.25) is 0 Å². The molecule has 5 nitrogen and oxygen atoms in total. The van der Waals surface area contributed by atoms with Crippen molar-refractivity contribution in [3.8, 4) is 11.5 Å². The molecule has 0 aliphatic carbocycles. The molecular formula is C16H17ClFNO4S. The lowest BCUT2D eigenvalue weighted by atomic mass is 10.2. The Labute approximate surface area is 146 Å². The second-order valence-corrected chi connectivity index (χ2v) is 7.13. The number of ether oxygens (including phenoxy) is 2. The van der Waals surface area contributed by atoms with E-state index in [1.165, 1.54) is 30.3 Å². The summed E-state index contributed by atoms with van der Waals surface area (Å²) in [5, 5.41) is 2.98. The van der Waals surface area contributed by atoms with Crippen molar-refractivity contribution in [3.05, 3.63) is 48.3 Å². The molecule has 0 bridgehead atoms. The largest absolute Gasteiger partial charge is 0.486 e. The highest BCUT2D eigenvalue weighted by molar-refractivity contribution is 7.91. The smallest absolute Gasteiger partial charge is 0.206 e. The fraction of sp³-hybridized carbons (Fsp3) is 0.250. The van der Waals surface area contributed by atoms with Gasteiger partial charge in [-0.1, -0.05) is 6.07 Å². The van der Waals surface area contributed by atoms with Gasteiger partial charge in [-0.3, -0.25) is 0 Å². The molecule has 2 aromatic rings. The first-order valence-electron chi connectivity index (χ1n) is 7.09. The Balaban J connectivity index is 0.00000208. The molecule has 0 radical (unpaired) electrons. The Morgan fingerprint density at radius 3 is 2.62 bits per heavy atom. The Kier molecular flexibility index (Phi) is 5.69. The summed E-state index contributed by atoms with van der Waals surface area (Å²) in [6.45, 7) is 0.976. The molecule has 3 rings (SSSR count). The molecule has 0 amide bonds. The zero-order valence-corrected chi connectivity index (χ0v) is 14.5. The second kappa shape index (κ2) is 7.38. The maximum Gasteiger partial charge on any atom is 0.206 e. The fourth-order valence-electron chi connectivity index (χ4n) is 2.36. The minimum Gasteiger partial charge on any atom is -0.486 e. The van der Waals surface area contributed by atoms with E-state index < -0.39 is 15.7 Å². The van der Waals surface area contributed by atoms with Gasteiger partial charge in [0.15, 0.2) is 11.5 Å². The van der Waals surface area contributed by atoms with E-state index in [1.54, 1.807) is 13.1 Å². The highest BCUT2D eigenvalue weighted by atomic mass is 35.5. The molecule has 1 aliphatic rings. The predicted octanol–water partition coefficient (Wildman–Crippen LogP) is 2.44. The quantitative estimate of drug-likeness (QED) is 0.891. The standard InChI is InChI=1S/C16H16FNO4S.ClH/c1-18-9-12-10-21-15-6-5-14(8-16(15)22-12)23(19,20)13-4-2-3-11(17)7-13;/h2-8,12,18H,9-10H2,1H3;1H/t12-;/m0./s1. The zero-order chi connectivity index (χ0) is 16.4. The number of benzene rings is 2. The molecule has 130 valence electrons. The van der Waals surface area contributed by atoms with Gasteiger partial charge in [0.25, 0.3) is 0 Å². The Hall–Kier alpha value is -1.83. The summed E-state index contributed by atoms with van der Waals surface area (Å²) >= 11 is 0. The van der Waals surface area contributed by atoms with Crippen molar-refractivity contribution in [2.45, 2.75) is 15.9 Å². The summed E-state index contributed by atoms with van der Waals surface area (Å²) in [5.41, 5.74) is 0. The first kappa shape index (κ1) is 18.5. The number of nitrogens with one attached hydrogen (secondary N) is 1. The van der Waals surface area contributed by atoms with Gasteiger partial charge in [0.1, 0.15) is 18.5 Å². The zero-order valence-electron chi connectivity index (χ0n) is 12.9. The minimum absolute atomic E-state index is 0. The van der Waals surface area contributed by atoms with E-state index >= 15 is 0 Å². The van der Waals surface area contributed by atoms with Crippen molar-refractivity contribution in [2.24, 2.45) is 0 Å². The first-order valence-corrected chi connectivity index (χ1v) is 8.58. The maximum atomic E-state index is 13.3. The van der Waals surface area contributed by atoms with Crippen LogP contribution in [0.1, 0.15) is 0 Å². The minimum atomic E-state index is -3.82. The molecule has 1 atom stereocenters. The third kappa shape index (κ3) is 3.63. The van der Waals surface area contributed by atoms with E-state index in [4.69, 9.17) is 9.47 Å². The van der Waals surface area contributed by atoms with Crippen LogP contribution >= 0.6 is 12.4 Å². The third-order valence-electron chi connectivity index (χ3n) is 3.48. The molecule has 2 aromatic carbocycles. The number of fused-ring (bicyclic) bond motifs is 1. The van der Waals surface area contributed by atoms with E-state index in [0.29, 0.717) is 24.7 Å². The van der Waals surface area contributed by atoms with Crippen molar-refractivity contribution >= 4 is 22.2 Å². The molecule has 0 saturated heterocycles. The van der Waals surface area contributed by atoms with Crippen LogP contribution in [0.4, 0.5) is 4.39 Å². The van der Waals surface area contributed by atoms with Crippen LogP contribution in [0.25, 0.3) is 0 Å². The van der Waals surface area contributed by atoms with Crippen LogP contribution in [0.15, 0.2) is 52.3 Å². The monoisotopic (exact) mass is 373 g/mol. The van der Waals surface area contributed by atoms with Crippen molar-refractivity contribution in [1.29, 1.82) is 0 Å². The molecule has 0 spiro atoms. The van der Waals surface area contributed by atoms with Crippen molar-refractivity contribution in [2.75, 3.05) is 20.2 Å². The maximum absolute atomic E-state index is 13.3. The van der Waals surface area contributed by atoms with Crippen molar-refractivity contribution < 1.29 is 22.3 Å². The van der Waals surface area contributed by atoms with Gasteiger partial charge in [0.05, 0.1) is 9.79 Å². The van der Waals surface area contributed by atoms with Gasteiger partial charge < -0.3 is 14.8 Å². The fourth-order valence-corrected chi connectivity index (χ4v) is 3.67. The van der Waals surface area contributed by atoms with Gasteiger partial charge in [-0.15, -0.1) is 12.4 Å². The lowest BCUT2D eigenvalue weighted by Crippen LogP contribution is -2.37. The molecule has 24 heavy (non-hydrogen) atoms. The molecule has 0 saturated carbocycles. The third-order valence-corrected chi connectivity index (χ3v) is 5.23. The Morgan fingerprint density at radius 1 is 1.17 bits per heavy atom. The topological polar surface area (TPSA) is 64.6 Å². The molecule has 0 aromatic heterocycles. The molecule has 0 fully saturated rings. The van der Waals surface area contributed by atoms with E-state index in [0.717, 1.165) is 6.07 Å². The summed E-state index contributed by atoms with van der Waals surface area (Å²) in [7, 11) is -2.02. The van der Waals surface area contributed by atoms with Gasteiger partial charge in [-0.05, 0) is 37.4 Å². The Bertz CT molecular complexity index is 829. The lowest BCUT2D eigenvalue weighted by molar-refractivity contribution is 0.0915.